The van der Waals surface area contributed by atoms with E-state index in [1.807, 2.05) is 54.6 Å². The highest BCUT2D eigenvalue weighted by Gasteiger charge is 2.64. The molecule has 0 bridgehead atoms. The van der Waals surface area contributed by atoms with E-state index in [2.05, 4.69) is 0 Å². The fourth-order valence-corrected chi connectivity index (χ4v) is 4.29. The SMILES string of the molecule is CO[C@@](C(=O)OC1CCC(Oc2ccc(-c3ccccc3)cc2)C1)(c1ccccc1)C(F)(F)F. The van der Waals surface area contributed by atoms with Crippen LogP contribution in [0.25, 0.3) is 11.1 Å². The molecular formula is C27H25F3O4. The number of ether oxygens (including phenoxy) is 3. The summed E-state index contributed by atoms with van der Waals surface area (Å²) in [7, 11) is 0.863. The number of rotatable bonds is 7. The molecule has 1 aliphatic carbocycles. The van der Waals surface area contributed by atoms with Crippen molar-refractivity contribution in [1.82, 2.24) is 0 Å². The molecule has 0 saturated heterocycles. The van der Waals surface area contributed by atoms with Gasteiger partial charge in [0.1, 0.15) is 18.0 Å². The topological polar surface area (TPSA) is 44.8 Å². The third kappa shape index (κ3) is 4.80. The first-order valence-corrected chi connectivity index (χ1v) is 11.0. The van der Waals surface area contributed by atoms with Crippen molar-refractivity contribution in [2.24, 2.45) is 0 Å². The van der Waals surface area contributed by atoms with E-state index in [0.717, 1.165) is 18.2 Å². The molecule has 1 aliphatic rings. The molecule has 4 rings (SSSR count). The van der Waals surface area contributed by atoms with Crippen molar-refractivity contribution in [3.8, 4) is 16.9 Å². The quantitative estimate of drug-likeness (QED) is 0.380. The molecule has 0 spiro atoms. The molecule has 0 radical (unpaired) electrons. The molecule has 0 amide bonds. The Morgan fingerprint density at radius 1 is 0.794 bits per heavy atom. The molecule has 7 heteroatoms. The smallest absolute Gasteiger partial charge is 0.432 e. The number of hydrogen-bond donors (Lipinski definition) is 0. The predicted molar refractivity (Wildman–Crippen MR) is 121 cm³/mol. The van der Waals surface area contributed by atoms with E-state index < -0.39 is 23.9 Å². The molecule has 178 valence electrons. The average Bonchev–Trinajstić information content (AvgIpc) is 3.27. The number of alkyl halides is 3. The van der Waals surface area contributed by atoms with Crippen molar-refractivity contribution in [3.05, 3.63) is 90.5 Å². The number of esters is 1. The molecule has 1 saturated carbocycles. The summed E-state index contributed by atoms with van der Waals surface area (Å²) in [6, 6.07) is 24.4. The molecule has 2 unspecified atom stereocenters. The largest absolute Gasteiger partial charge is 0.490 e. The molecule has 1 fully saturated rings. The number of halogens is 3. The summed E-state index contributed by atoms with van der Waals surface area (Å²) in [6.07, 6.45) is -4.67. The van der Waals surface area contributed by atoms with Crippen molar-refractivity contribution in [2.45, 2.75) is 43.2 Å². The molecule has 0 N–H and O–H groups in total. The monoisotopic (exact) mass is 470 g/mol. The molecule has 0 aromatic heterocycles. The summed E-state index contributed by atoms with van der Waals surface area (Å²) in [5, 5.41) is 0. The van der Waals surface area contributed by atoms with Gasteiger partial charge in [0, 0.05) is 19.1 Å². The second kappa shape index (κ2) is 9.89. The zero-order valence-electron chi connectivity index (χ0n) is 18.6. The predicted octanol–water partition coefficient (Wildman–Crippen LogP) is 6.30. The van der Waals surface area contributed by atoms with E-state index in [0.29, 0.717) is 25.0 Å². The van der Waals surface area contributed by atoms with Gasteiger partial charge in [-0.1, -0.05) is 72.8 Å². The van der Waals surface area contributed by atoms with Gasteiger partial charge in [0.2, 0.25) is 0 Å². The average molecular weight is 470 g/mol. The van der Waals surface area contributed by atoms with E-state index in [-0.39, 0.29) is 11.7 Å². The van der Waals surface area contributed by atoms with Gasteiger partial charge >= 0.3 is 12.1 Å². The van der Waals surface area contributed by atoms with Crippen molar-refractivity contribution in [3.63, 3.8) is 0 Å². The summed E-state index contributed by atoms with van der Waals surface area (Å²) in [5.74, 6) is -0.811. The fourth-order valence-electron chi connectivity index (χ4n) is 4.29. The molecule has 3 aromatic carbocycles. The van der Waals surface area contributed by atoms with Gasteiger partial charge in [0.05, 0.1) is 0 Å². The van der Waals surface area contributed by atoms with E-state index in [1.165, 1.54) is 24.3 Å². The van der Waals surface area contributed by atoms with E-state index in [9.17, 15) is 18.0 Å². The zero-order chi connectivity index (χ0) is 24.2. The van der Waals surface area contributed by atoms with Crippen molar-refractivity contribution in [1.29, 1.82) is 0 Å². The van der Waals surface area contributed by atoms with Gasteiger partial charge in [0.15, 0.2) is 0 Å². The Labute approximate surface area is 196 Å². The van der Waals surface area contributed by atoms with Gasteiger partial charge in [-0.15, -0.1) is 0 Å². The van der Waals surface area contributed by atoms with E-state index >= 15 is 0 Å². The summed E-state index contributed by atoms with van der Waals surface area (Å²) >= 11 is 0. The molecule has 3 aromatic rings. The van der Waals surface area contributed by atoms with Gasteiger partial charge in [-0.3, -0.25) is 0 Å². The maximum atomic E-state index is 14.1. The maximum absolute atomic E-state index is 14.1. The standard InChI is InChI=1S/C27H25F3O4/c1-32-26(27(28,29)30,21-10-6-3-7-11-21)25(31)34-24-17-16-23(18-24)33-22-14-12-20(13-15-22)19-8-4-2-5-9-19/h2-15,23-24H,16-18H2,1H3/t23?,24?,26-/m1/s1. The van der Waals surface area contributed by atoms with Crippen LogP contribution in [-0.2, 0) is 19.9 Å². The first-order chi connectivity index (χ1) is 16.3. The number of carbonyl (C=O) groups is 1. The van der Waals surface area contributed by atoms with Crippen molar-refractivity contribution >= 4 is 5.97 Å². The van der Waals surface area contributed by atoms with Crippen LogP contribution >= 0.6 is 0 Å². The van der Waals surface area contributed by atoms with E-state index in [1.54, 1.807) is 6.07 Å². The third-order valence-corrected chi connectivity index (χ3v) is 6.05. The normalized spacial score (nSPS) is 19.9. The molecular weight excluding hydrogens is 445 g/mol. The maximum Gasteiger partial charge on any atom is 0.432 e. The first kappa shape index (κ1) is 23.8. The summed E-state index contributed by atoms with van der Waals surface area (Å²) in [5.41, 5.74) is -1.36. The summed E-state index contributed by atoms with van der Waals surface area (Å²) in [6.45, 7) is 0. The number of hydrogen-bond acceptors (Lipinski definition) is 4. The summed E-state index contributed by atoms with van der Waals surface area (Å²) < 4.78 is 58.3. The minimum atomic E-state index is -4.99. The van der Waals surface area contributed by atoms with Crippen LogP contribution in [0.4, 0.5) is 13.2 Å². The Hall–Kier alpha value is -3.32. The molecule has 34 heavy (non-hydrogen) atoms. The third-order valence-electron chi connectivity index (χ3n) is 6.05. The van der Waals surface area contributed by atoms with Crippen LogP contribution in [0.2, 0.25) is 0 Å². The summed E-state index contributed by atoms with van der Waals surface area (Å²) in [4.78, 5) is 12.8. The van der Waals surface area contributed by atoms with Crippen LogP contribution in [0.3, 0.4) is 0 Å². The van der Waals surface area contributed by atoms with E-state index in [4.69, 9.17) is 14.2 Å². The van der Waals surface area contributed by atoms with Gasteiger partial charge < -0.3 is 14.2 Å². The lowest BCUT2D eigenvalue weighted by Crippen LogP contribution is -2.52. The lowest BCUT2D eigenvalue weighted by atomic mass is 9.92. The van der Waals surface area contributed by atoms with Crippen molar-refractivity contribution in [2.75, 3.05) is 7.11 Å². The van der Waals surface area contributed by atoms with Crippen LogP contribution in [-0.4, -0.2) is 31.5 Å². The van der Waals surface area contributed by atoms with Crippen molar-refractivity contribution < 1.29 is 32.2 Å². The van der Waals surface area contributed by atoms with Gasteiger partial charge in [-0.05, 0) is 36.1 Å². The Morgan fingerprint density at radius 3 is 1.94 bits per heavy atom. The van der Waals surface area contributed by atoms with Gasteiger partial charge in [-0.25, -0.2) is 4.79 Å². The van der Waals surface area contributed by atoms with Crippen LogP contribution in [0, 0.1) is 0 Å². The second-order valence-corrected chi connectivity index (χ2v) is 8.22. The highest BCUT2D eigenvalue weighted by Crippen LogP contribution is 2.44. The number of carbonyl (C=O) groups excluding carboxylic acids is 1. The fraction of sp³-hybridized carbons (Fsp3) is 0.296. The Morgan fingerprint density at radius 2 is 1.35 bits per heavy atom. The van der Waals surface area contributed by atoms with Crippen LogP contribution in [0.15, 0.2) is 84.9 Å². The first-order valence-electron chi connectivity index (χ1n) is 11.0. The van der Waals surface area contributed by atoms with Crippen LogP contribution < -0.4 is 4.74 Å². The van der Waals surface area contributed by atoms with Crippen LogP contribution in [0.5, 0.6) is 5.75 Å². The highest BCUT2D eigenvalue weighted by molar-refractivity contribution is 5.83. The zero-order valence-corrected chi connectivity index (χ0v) is 18.6. The minimum absolute atomic E-state index is 0.264. The number of methoxy groups -OCH3 is 1. The molecule has 0 heterocycles. The molecule has 4 nitrogen and oxygen atoms in total. The van der Waals surface area contributed by atoms with Gasteiger partial charge in [0.25, 0.3) is 5.60 Å². The second-order valence-electron chi connectivity index (χ2n) is 8.22. The molecule has 0 aliphatic heterocycles. The highest BCUT2D eigenvalue weighted by atomic mass is 19.4. The van der Waals surface area contributed by atoms with Gasteiger partial charge in [-0.2, -0.15) is 13.2 Å². The van der Waals surface area contributed by atoms with Crippen LogP contribution in [0.1, 0.15) is 24.8 Å². The lowest BCUT2D eigenvalue weighted by Gasteiger charge is -2.33. The Bertz CT molecular complexity index is 1080. The Balaban J connectivity index is 1.41. The lowest BCUT2D eigenvalue weighted by molar-refractivity contribution is -0.278. The number of benzene rings is 3. The Kier molecular flexibility index (Phi) is 6.93. The molecule has 3 atom stereocenters. The minimum Gasteiger partial charge on any atom is -0.490 e.